The van der Waals surface area contributed by atoms with Crippen LogP contribution in [0.4, 0.5) is 0 Å². The molecule has 0 N–H and O–H groups in total. The normalized spacial score (nSPS) is 10.5. The Hall–Kier alpha value is -5.80. The first-order valence-corrected chi connectivity index (χ1v) is 14.9. The first kappa shape index (κ1) is 37.7. The van der Waals surface area contributed by atoms with Gasteiger partial charge in [0.1, 0.15) is 75.3 Å². The van der Waals surface area contributed by atoms with Gasteiger partial charge in [0.05, 0.1) is 0 Å². The van der Waals surface area contributed by atoms with E-state index in [1.54, 1.807) is 0 Å². The number of rotatable bonds is 18. The van der Waals surface area contributed by atoms with Crippen LogP contribution in [0.3, 0.4) is 0 Å². The Morgan fingerprint density at radius 2 is 1.06 bits per heavy atom. The van der Waals surface area contributed by atoms with Crippen LogP contribution in [0, 0.1) is 0 Å². The molecule has 2 aromatic carbocycles. The number of ether oxygens (including phenoxy) is 9. The minimum Gasteiger partial charge on any atom is -0.490 e. The predicted molar refractivity (Wildman–Crippen MR) is 168 cm³/mol. The van der Waals surface area contributed by atoms with Gasteiger partial charge < -0.3 is 47.0 Å². The van der Waals surface area contributed by atoms with Crippen LogP contribution in [0.2, 0.25) is 0 Å². The quantitative estimate of drug-likeness (QED) is 0.0816. The molecule has 0 bridgehead atoms. The van der Waals surface area contributed by atoms with Gasteiger partial charge in [-0.1, -0.05) is 0 Å². The van der Waals surface area contributed by atoms with E-state index < -0.39 is 35.3 Å². The number of hydrogen-bond acceptors (Lipinski definition) is 16. The maximum Gasteiger partial charge on any atom is 0.308 e. The van der Waals surface area contributed by atoms with Gasteiger partial charge in [-0.25, -0.2) is 0 Å². The molecule has 0 unspecified atom stereocenters. The monoisotopic (exact) mass is 688 g/mol. The number of hydrogen-bond donors (Lipinski definition) is 0. The molecule has 264 valence electrons. The number of esters is 5. The lowest BCUT2D eigenvalue weighted by Crippen LogP contribution is -2.16. The van der Waals surface area contributed by atoms with E-state index >= 15 is 0 Å². The van der Waals surface area contributed by atoms with E-state index in [1.165, 1.54) is 58.0 Å². The van der Waals surface area contributed by atoms with E-state index in [2.05, 4.69) is 0 Å². The first-order chi connectivity index (χ1) is 23.3. The van der Waals surface area contributed by atoms with Crippen LogP contribution in [0.15, 0.2) is 39.5 Å². The molecule has 0 aliphatic heterocycles. The van der Waals surface area contributed by atoms with Crippen molar-refractivity contribution in [3.8, 4) is 40.1 Å². The van der Waals surface area contributed by atoms with E-state index in [0.717, 1.165) is 6.92 Å². The first-order valence-electron chi connectivity index (χ1n) is 14.9. The Bertz CT molecular complexity index is 1720. The molecule has 49 heavy (non-hydrogen) atoms. The molecule has 0 spiro atoms. The van der Waals surface area contributed by atoms with Crippen LogP contribution in [0.25, 0.3) is 22.3 Å². The van der Waals surface area contributed by atoms with Crippen molar-refractivity contribution in [2.24, 2.45) is 0 Å². The van der Waals surface area contributed by atoms with Crippen molar-refractivity contribution >= 4 is 40.8 Å². The minimum absolute atomic E-state index is 0.0199. The summed E-state index contributed by atoms with van der Waals surface area (Å²) in [6.45, 7) is 5.32. The summed E-state index contributed by atoms with van der Waals surface area (Å²) in [5, 5.41) is -0.156. The fourth-order valence-electron chi connectivity index (χ4n) is 4.11. The van der Waals surface area contributed by atoms with Crippen molar-refractivity contribution in [3.63, 3.8) is 0 Å². The summed E-state index contributed by atoms with van der Waals surface area (Å²) in [4.78, 5) is 70.9. The number of carbonyl (C=O) groups excluding carboxylic acids is 5. The summed E-state index contributed by atoms with van der Waals surface area (Å²) >= 11 is 0. The molecule has 16 heteroatoms. The third-order valence-corrected chi connectivity index (χ3v) is 5.94. The molecule has 3 aromatic rings. The van der Waals surface area contributed by atoms with Gasteiger partial charge in [0.2, 0.25) is 11.2 Å². The summed E-state index contributed by atoms with van der Waals surface area (Å²) in [6, 6.07) is 7.20. The van der Waals surface area contributed by atoms with Gasteiger partial charge in [0, 0.05) is 52.3 Å². The zero-order valence-electron chi connectivity index (χ0n) is 27.6. The third-order valence-electron chi connectivity index (χ3n) is 5.94. The van der Waals surface area contributed by atoms with Gasteiger partial charge >= 0.3 is 29.8 Å². The zero-order valence-corrected chi connectivity index (χ0v) is 27.6. The molecule has 0 aliphatic rings. The van der Waals surface area contributed by atoms with E-state index in [4.69, 9.17) is 47.0 Å². The van der Waals surface area contributed by atoms with Crippen molar-refractivity contribution in [2.45, 2.75) is 34.6 Å². The van der Waals surface area contributed by atoms with Gasteiger partial charge in [0.25, 0.3) is 0 Å². The van der Waals surface area contributed by atoms with Gasteiger partial charge in [-0.3, -0.25) is 28.8 Å². The Morgan fingerprint density at radius 3 is 1.59 bits per heavy atom. The highest BCUT2D eigenvalue weighted by molar-refractivity contribution is 5.90. The maximum atomic E-state index is 14.0. The standard InChI is InChI=1S/C33H36O16/c1-19(34)40-8-12-44-25-17-28(48-23(5)38)30-29(18-25)49-32(33(31(30)39)47-15-11-43-22(4)37)24-6-7-26(45-13-9-41-20(2)35)27(16-24)46-14-10-42-21(3)36/h6-7,16-18H,8-15H2,1-5H3. The van der Waals surface area contributed by atoms with Crippen LogP contribution < -0.4 is 29.1 Å². The van der Waals surface area contributed by atoms with Crippen molar-refractivity contribution in [2.75, 3.05) is 52.9 Å². The molecule has 0 fully saturated rings. The summed E-state index contributed by atoms with van der Waals surface area (Å²) < 4.78 is 54.2. The molecular weight excluding hydrogens is 652 g/mol. The smallest absolute Gasteiger partial charge is 0.308 e. The lowest BCUT2D eigenvalue weighted by atomic mass is 10.1. The van der Waals surface area contributed by atoms with Crippen LogP contribution in [0.1, 0.15) is 34.6 Å². The Balaban J connectivity index is 2.15. The van der Waals surface area contributed by atoms with Gasteiger partial charge in [0.15, 0.2) is 17.3 Å². The van der Waals surface area contributed by atoms with Gasteiger partial charge in [-0.15, -0.1) is 0 Å². The second-order valence-corrected chi connectivity index (χ2v) is 9.89. The molecular formula is C33H36O16. The summed E-state index contributed by atoms with van der Waals surface area (Å²) in [7, 11) is 0. The topological polar surface area (TPSA) is 199 Å². The highest BCUT2D eigenvalue weighted by Gasteiger charge is 2.24. The number of benzene rings is 2. The van der Waals surface area contributed by atoms with Crippen molar-refractivity contribution < 1.29 is 71.0 Å². The average molecular weight is 689 g/mol. The fraction of sp³-hybridized carbons (Fsp3) is 0.394. The van der Waals surface area contributed by atoms with Crippen LogP contribution >= 0.6 is 0 Å². The molecule has 0 saturated heterocycles. The highest BCUT2D eigenvalue weighted by atomic mass is 16.6. The lowest BCUT2D eigenvalue weighted by Gasteiger charge is -2.17. The third kappa shape index (κ3) is 12.1. The molecule has 16 nitrogen and oxygen atoms in total. The van der Waals surface area contributed by atoms with Gasteiger partial charge in [-0.05, 0) is 18.2 Å². The second kappa shape index (κ2) is 18.5. The van der Waals surface area contributed by atoms with Crippen LogP contribution in [-0.4, -0.2) is 82.7 Å². The van der Waals surface area contributed by atoms with Crippen molar-refractivity contribution in [3.05, 3.63) is 40.6 Å². The molecule has 0 aliphatic carbocycles. The minimum atomic E-state index is -0.737. The molecule has 0 radical (unpaired) electrons. The number of carbonyl (C=O) groups is 5. The molecule has 3 rings (SSSR count). The van der Waals surface area contributed by atoms with Crippen molar-refractivity contribution in [1.82, 2.24) is 0 Å². The second-order valence-electron chi connectivity index (χ2n) is 9.89. The predicted octanol–water partition coefficient (Wildman–Crippen LogP) is 3.15. The average Bonchev–Trinajstić information content (AvgIpc) is 3.02. The van der Waals surface area contributed by atoms with Crippen molar-refractivity contribution in [1.29, 1.82) is 0 Å². The molecule has 1 heterocycles. The van der Waals surface area contributed by atoms with E-state index in [0.29, 0.717) is 0 Å². The lowest BCUT2D eigenvalue weighted by molar-refractivity contribution is -0.142. The molecule has 0 atom stereocenters. The van der Waals surface area contributed by atoms with E-state index in [-0.39, 0.29) is 104 Å². The van der Waals surface area contributed by atoms with Crippen LogP contribution in [-0.2, 0) is 42.9 Å². The molecule has 0 saturated carbocycles. The summed E-state index contributed by atoms with van der Waals surface area (Å²) in [5.74, 6) is -2.91. The fourth-order valence-corrected chi connectivity index (χ4v) is 4.11. The molecule has 0 amide bonds. The zero-order chi connectivity index (χ0) is 35.9. The van der Waals surface area contributed by atoms with E-state index in [1.807, 2.05) is 0 Å². The largest absolute Gasteiger partial charge is 0.490 e. The van der Waals surface area contributed by atoms with E-state index in [9.17, 15) is 28.8 Å². The number of fused-ring (bicyclic) bond motifs is 1. The van der Waals surface area contributed by atoms with Crippen LogP contribution in [0.5, 0.6) is 28.7 Å². The Kier molecular flexibility index (Phi) is 14.2. The van der Waals surface area contributed by atoms with Gasteiger partial charge in [-0.2, -0.15) is 0 Å². The SMILES string of the molecule is CC(=O)OCCOc1cc(OC(C)=O)c2c(=O)c(OCCOC(C)=O)c(-c3ccc(OCCOC(C)=O)c(OCCOC(C)=O)c3)oc2c1. The molecule has 1 aromatic heterocycles. The summed E-state index contributed by atoms with van der Waals surface area (Å²) in [5.41, 5.74) is -0.542. The Morgan fingerprint density at radius 1 is 0.551 bits per heavy atom. The maximum absolute atomic E-state index is 14.0. The summed E-state index contributed by atoms with van der Waals surface area (Å²) in [6.07, 6.45) is 0. The Labute approximate surface area is 280 Å². The highest BCUT2D eigenvalue weighted by Crippen LogP contribution is 2.39.